The van der Waals surface area contributed by atoms with E-state index >= 15 is 0 Å². The summed E-state index contributed by atoms with van der Waals surface area (Å²) in [5, 5.41) is 10.2. The van der Waals surface area contributed by atoms with Crippen LogP contribution in [-0.4, -0.2) is 46.6 Å². The fraction of sp³-hybridized carbons (Fsp3) is 0.421. The van der Waals surface area contributed by atoms with Gasteiger partial charge in [0.05, 0.1) is 44.8 Å². The van der Waals surface area contributed by atoms with E-state index in [2.05, 4.69) is 10.4 Å². The molecule has 148 valence electrons. The number of aromatic nitrogens is 3. The predicted octanol–water partition coefficient (Wildman–Crippen LogP) is 2.97. The molecule has 1 amide bonds. The highest BCUT2D eigenvalue weighted by Gasteiger charge is 2.32. The van der Waals surface area contributed by atoms with Gasteiger partial charge < -0.3 is 5.32 Å². The van der Waals surface area contributed by atoms with Crippen LogP contribution in [0.25, 0.3) is 21.6 Å². The summed E-state index contributed by atoms with van der Waals surface area (Å²) < 4.78 is 25.7. The number of aryl methyl sites for hydroxylation is 1. The van der Waals surface area contributed by atoms with Crippen LogP contribution in [0, 0.1) is 6.92 Å². The minimum atomic E-state index is -3.06. The van der Waals surface area contributed by atoms with E-state index in [4.69, 9.17) is 4.98 Å². The summed E-state index contributed by atoms with van der Waals surface area (Å²) in [5.74, 6) is 0.0345. The molecular formula is C19H22N4O3S2. The van der Waals surface area contributed by atoms with Crippen LogP contribution >= 0.6 is 11.3 Å². The molecule has 3 aromatic rings. The Hall–Kier alpha value is -2.26. The average Bonchev–Trinajstić information content (AvgIpc) is 3.33. The van der Waals surface area contributed by atoms with Crippen LogP contribution < -0.4 is 5.32 Å². The van der Waals surface area contributed by atoms with E-state index in [1.54, 1.807) is 22.1 Å². The zero-order chi connectivity index (χ0) is 20.1. The number of carbonyl (C=O) groups is 1. The number of amides is 1. The molecule has 4 heterocycles. The third kappa shape index (κ3) is 3.44. The first kappa shape index (κ1) is 19.1. The van der Waals surface area contributed by atoms with E-state index < -0.39 is 9.84 Å². The number of hydrogen-bond donors (Lipinski definition) is 1. The SMILES string of the molecule is Cc1nn(C2CCS(=O)(=O)C2)c2nc(-c3cccs3)cc(C(=O)NC(C)C)c12. The Kier molecular flexibility index (Phi) is 4.75. The van der Waals surface area contributed by atoms with Gasteiger partial charge in [-0.05, 0) is 44.7 Å². The molecule has 7 nitrogen and oxygen atoms in total. The van der Waals surface area contributed by atoms with Gasteiger partial charge in [-0.1, -0.05) is 6.07 Å². The van der Waals surface area contributed by atoms with Gasteiger partial charge in [0.2, 0.25) is 0 Å². The summed E-state index contributed by atoms with van der Waals surface area (Å²) in [5.41, 5.74) is 2.46. The van der Waals surface area contributed by atoms with E-state index in [1.165, 1.54) is 0 Å². The number of rotatable bonds is 4. The van der Waals surface area contributed by atoms with Crippen molar-refractivity contribution >= 4 is 38.1 Å². The minimum absolute atomic E-state index is 0.00349. The average molecular weight is 419 g/mol. The number of nitrogens with zero attached hydrogens (tertiary/aromatic N) is 3. The van der Waals surface area contributed by atoms with Gasteiger partial charge in [-0.3, -0.25) is 4.79 Å². The van der Waals surface area contributed by atoms with E-state index in [0.717, 1.165) is 4.88 Å². The molecular weight excluding hydrogens is 396 g/mol. The Morgan fingerprint density at radius 3 is 2.79 bits per heavy atom. The Balaban J connectivity index is 1.94. The van der Waals surface area contributed by atoms with E-state index in [-0.39, 0.29) is 29.5 Å². The number of thiophene rings is 1. The smallest absolute Gasteiger partial charge is 0.252 e. The predicted molar refractivity (Wildman–Crippen MR) is 110 cm³/mol. The molecule has 0 radical (unpaired) electrons. The first-order chi connectivity index (χ1) is 13.2. The van der Waals surface area contributed by atoms with E-state index in [9.17, 15) is 13.2 Å². The van der Waals surface area contributed by atoms with Crippen LogP contribution in [0.3, 0.4) is 0 Å². The van der Waals surface area contributed by atoms with Crippen LogP contribution in [0.1, 0.15) is 42.4 Å². The number of carbonyl (C=O) groups excluding carboxylic acids is 1. The van der Waals surface area contributed by atoms with E-state index in [0.29, 0.717) is 34.4 Å². The molecule has 9 heteroatoms. The normalized spacial score (nSPS) is 18.8. The van der Waals surface area contributed by atoms with Gasteiger partial charge in [-0.2, -0.15) is 5.10 Å². The Labute approximate surface area is 167 Å². The van der Waals surface area contributed by atoms with Gasteiger partial charge in [0.25, 0.3) is 5.91 Å². The van der Waals surface area contributed by atoms with Crippen molar-refractivity contribution in [2.75, 3.05) is 11.5 Å². The summed E-state index contributed by atoms with van der Waals surface area (Å²) >= 11 is 1.54. The molecule has 0 saturated carbocycles. The zero-order valence-electron chi connectivity index (χ0n) is 16.0. The first-order valence-corrected chi connectivity index (χ1v) is 11.9. The Morgan fingerprint density at radius 1 is 1.39 bits per heavy atom. The highest BCUT2D eigenvalue weighted by Crippen LogP contribution is 2.33. The summed E-state index contributed by atoms with van der Waals surface area (Å²) in [7, 11) is -3.06. The molecule has 0 aliphatic carbocycles. The molecule has 0 spiro atoms. The third-order valence-corrected chi connectivity index (χ3v) is 7.47. The molecule has 4 rings (SSSR count). The topological polar surface area (TPSA) is 93.9 Å². The molecule has 1 atom stereocenters. The van der Waals surface area contributed by atoms with Crippen molar-refractivity contribution in [1.29, 1.82) is 0 Å². The maximum atomic E-state index is 12.9. The van der Waals surface area contributed by atoms with Gasteiger partial charge in [0, 0.05) is 6.04 Å². The van der Waals surface area contributed by atoms with Crippen molar-refractivity contribution < 1.29 is 13.2 Å². The van der Waals surface area contributed by atoms with Crippen molar-refractivity contribution in [2.45, 2.75) is 39.3 Å². The van der Waals surface area contributed by atoms with Crippen molar-refractivity contribution in [3.8, 4) is 10.6 Å². The van der Waals surface area contributed by atoms with E-state index in [1.807, 2.05) is 38.3 Å². The Bertz CT molecular complexity index is 1150. The van der Waals surface area contributed by atoms with Gasteiger partial charge in [0.1, 0.15) is 0 Å². The second-order valence-electron chi connectivity index (χ2n) is 7.45. The zero-order valence-corrected chi connectivity index (χ0v) is 17.6. The number of nitrogens with one attached hydrogen (secondary N) is 1. The van der Waals surface area contributed by atoms with Crippen molar-refractivity contribution in [3.05, 3.63) is 34.8 Å². The lowest BCUT2D eigenvalue weighted by atomic mass is 10.1. The highest BCUT2D eigenvalue weighted by molar-refractivity contribution is 7.91. The summed E-state index contributed by atoms with van der Waals surface area (Å²) in [6.07, 6.45) is 0.511. The molecule has 3 aromatic heterocycles. The highest BCUT2D eigenvalue weighted by atomic mass is 32.2. The fourth-order valence-corrected chi connectivity index (χ4v) is 5.98. The molecule has 0 bridgehead atoms. The van der Waals surface area contributed by atoms with Crippen molar-refractivity contribution in [1.82, 2.24) is 20.1 Å². The number of fused-ring (bicyclic) bond motifs is 1. The lowest BCUT2D eigenvalue weighted by molar-refractivity contribution is 0.0944. The van der Waals surface area contributed by atoms with Crippen LogP contribution in [0.2, 0.25) is 0 Å². The van der Waals surface area contributed by atoms with Crippen LogP contribution in [0.4, 0.5) is 0 Å². The largest absolute Gasteiger partial charge is 0.350 e. The van der Waals surface area contributed by atoms with Gasteiger partial charge in [0.15, 0.2) is 15.5 Å². The molecule has 1 aliphatic heterocycles. The lowest BCUT2D eigenvalue weighted by Crippen LogP contribution is -2.30. The molecule has 1 unspecified atom stereocenters. The number of hydrogen-bond acceptors (Lipinski definition) is 6. The van der Waals surface area contributed by atoms with Crippen LogP contribution in [-0.2, 0) is 9.84 Å². The maximum Gasteiger partial charge on any atom is 0.252 e. The lowest BCUT2D eigenvalue weighted by Gasteiger charge is -2.13. The monoisotopic (exact) mass is 418 g/mol. The minimum Gasteiger partial charge on any atom is -0.350 e. The van der Waals surface area contributed by atoms with Gasteiger partial charge in [-0.25, -0.2) is 18.1 Å². The molecule has 1 fully saturated rings. The van der Waals surface area contributed by atoms with Crippen molar-refractivity contribution in [3.63, 3.8) is 0 Å². The van der Waals surface area contributed by atoms with Gasteiger partial charge in [-0.15, -0.1) is 11.3 Å². The summed E-state index contributed by atoms with van der Waals surface area (Å²) in [6.45, 7) is 5.66. The van der Waals surface area contributed by atoms with Gasteiger partial charge >= 0.3 is 0 Å². The molecule has 1 aliphatic rings. The third-order valence-electron chi connectivity index (χ3n) is 4.83. The number of pyridine rings is 1. The summed E-state index contributed by atoms with van der Waals surface area (Å²) in [4.78, 5) is 18.6. The molecule has 1 saturated heterocycles. The van der Waals surface area contributed by atoms with Crippen molar-refractivity contribution in [2.24, 2.45) is 0 Å². The fourth-order valence-electron chi connectivity index (χ4n) is 3.61. The quantitative estimate of drug-likeness (QED) is 0.703. The molecule has 0 aromatic carbocycles. The molecule has 28 heavy (non-hydrogen) atoms. The molecule has 1 N–H and O–H groups in total. The second-order valence-corrected chi connectivity index (χ2v) is 10.6. The summed E-state index contributed by atoms with van der Waals surface area (Å²) in [6, 6.07) is 5.43. The van der Waals surface area contributed by atoms with Crippen LogP contribution in [0.5, 0.6) is 0 Å². The second kappa shape index (κ2) is 6.97. The van der Waals surface area contributed by atoms with Crippen LogP contribution in [0.15, 0.2) is 23.6 Å². The number of sulfone groups is 1. The standard InChI is InChI=1S/C19H22N4O3S2/c1-11(2)20-19(24)14-9-15(16-5-4-7-27-16)21-18-17(14)12(3)22-23(18)13-6-8-28(25,26)10-13/h4-5,7,9,11,13H,6,8,10H2,1-3H3,(H,20,24). The Morgan fingerprint density at radius 2 is 2.18 bits per heavy atom. The first-order valence-electron chi connectivity index (χ1n) is 9.20. The maximum absolute atomic E-state index is 12.9.